The first kappa shape index (κ1) is 14.8. The Morgan fingerprint density at radius 3 is 2.85 bits per heavy atom. The number of aryl methyl sites for hydroxylation is 2. The van der Waals surface area contributed by atoms with Crippen LogP contribution in [0.5, 0.6) is 0 Å². The summed E-state index contributed by atoms with van der Waals surface area (Å²) in [5.41, 5.74) is 3.12. The molecule has 20 heavy (non-hydrogen) atoms. The Morgan fingerprint density at radius 1 is 1.40 bits per heavy atom. The fourth-order valence-electron chi connectivity index (χ4n) is 2.46. The summed E-state index contributed by atoms with van der Waals surface area (Å²) in [5, 5.41) is 12.6. The number of likely N-dealkylation sites (N-methyl/N-ethyl adjacent to an activating group) is 1. The lowest BCUT2D eigenvalue weighted by Crippen LogP contribution is -2.31. The van der Waals surface area contributed by atoms with Crippen molar-refractivity contribution in [1.29, 1.82) is 5.26 Å². The molecule has 4 heteroatoms. The molecule has 0 radical (unpaired) electrons. The van der Waals surface area contributed by atoms with Crippen LogP contribution in [0.1, 0.15) is 43.5 Å². The Bertz CT molecular complexity index is 502. The lowest BCUT2D eigenvalue weighted by atomic mass is 9.95. The van der Waals surface area contributed by atoms with Crippen LogP contribution in [0, 0.1) is 11.3 Å². The second-order valence-corrected chi connectivity index (χ2v) is 5.81. The molecular weight excluding hydrogens is 248 g/mol. The predicted molar refractivity (Wildman–Crippen MR) is 81.8 cm³/mol. The number of rotatable bonds is 5. The van der Waals surface area contributed by atoms with E-state index in [9.17, 15) is 5.26 Å². The molecule has 1 heterocycles. The van der Waals surface area contributed by atoms with Gasteiger partial charge in [0.2, 0.25) is 0 Å². The van der Waals surface area contributed by atoms with Gasteiger partial charge in [-0.05, 0) is 58.2 Å². The number of hydrogen-bond donors (Lipinski definition) is 1. The summed E-state index contributed by atoms with van der Waals surface area (Å²) in [6.45, 7) is 6.12. The minimum atomic E-state index is 0.531. The van der Waals surface area contributed by atoms with Crippen molar-refractivity contribution >= 4 is 5.82 Å². The molecule has 2 rings (SSSR count). The highest BCUT2D eigenvalue weighted by Gasteiger charge is 2.15. The minimum absolute atomic E-state index is 0.531. The normalized spacial score (nSPS) is 14.2. The Hall–Kier alpha value is -1.60. The van der Waals surface area contributed by atoms with Gasteiger partial charge >= 0.3 is 0 Å². The third-order valence-corrected chi connectivity index (χ3v) is 4.06. The van der Waals surface area contributed by atoms with Crippen LogP contribution < -0.4 is 5.32 Å². The van der Waals surface area contributed by atoms with Crippen LogP contribution in [0.15, 0.2) is 6.07 Å². The molecule has 1 aromatic heterocycles. The van der Waals surface area contributed by atoms with E-state index in [2.05, 4.69) is 42.2 Å². The van der Waals surface area contributed by atoms with Gasteiger partial charge in [-0.25, -0.2) is 4.98 Å². The highest BCUT2D eigenvalue weighted by molar-refractivity contribution is 5.54. The smallest absolute Gasteiger partial charge is 0.144 e. The predicted octanol–water partition coefficient (Wildman–Crippen LogP) is 2.58. The third-order valence-electron chi connectivity index (χ3n) is 4.06. The van der Waals surface area contributed by atoms with Crippen molar-refractivity contribution in [2.75, 3.05) is 25.5 Å². The second-order valence-electron chi connectivity index (χ2n) is 5.81. The van der Waals surface area contributed by atoms with E-state index >= 15 is 0 Å². The zero-order valence-electron chi connectivity index (χ0n) is 12.7. The Morgan fingerprint density at radius 2 is 2.15 bits per heavy atom. The number of aromatic nitrogens is 1. The highest BCUT2D eigenvalue weighted by atomic mass is 15.1. The quantitative estimate of drug-likeness (QED) is 0.895. The van der Waals surface area contributed by atoms with Gasteiger partial charge in [0.05, 0.1) is 5.56 Å². The van der Waals surface area contributed by atoms with E-state index in [1.807, 2.05) is 6.07 Å². The largest absolute Gasteiger partial charge is 0.368 e. The van der Waals surface area contributed by atoms with Crippen LogP contribution >= 0.6 is 0 Å². The number of nitriles is 1. The van der Waals surface area contributed by atoms with E-state index < -0.39 is 0 Å². The molecule has 1 N–H and O–H groups in total. The average molecular weight is 272 g/mol. The molecule has 0 aromatic carbocycles. The summed E-state index contributed by atoms with van der Waals surface area (Å²) in [6, 6.07) is 4.82. The van der Waals surface area contributed by atoms with Crippen molar-refractivity contribution in [3.05, 3.63) is 22.9 Å². The van der Waals surface area contributed by atoms with Crippen molar-refractivity contribution in [1.82, 2.24) is 9.88 Å². The molecule has 0 bridgehead atoms. The summed E-state index contributed by atoms with van der Waals surface area (Å²) in [7, 11) is 2.11. The molecule has 0 fully saturated rings. The monoisotopic (exact) mass is 272 g/mol. The summed E-state index contributed by atoms with van der Waals surface area (Å²) >= 11 is 0. The standard InChI is InChI=1S/C16H24N4/c1-12(2)20(3)9-8-18-16-14(11-17)10-13-6-4-5-7-15(13)19-16/h10,12H,4-9H2,1-3H3,(H,18,19). The molecule has 1 aliphatic rings. The van der Waals surface area contributed by atoms with Gasteiger partial charge in [-0.3, -0.25) is 0 Å². The van der Waals surface area contributed by atoms with E-state index in [1.165, 1.54) is 24.1 Å². The maximum Gasteiger partial charge on any atom is 0.144 e. The zero-order chi connectivity index (χ0) is 14.5. The summed E-state index contributed by atoms with van der Waals surface area (Å²) in [6.07, 6.45) is 4.53. The van der Waals surface area contributed by atoms with E-state index in [0.717, 1.165) is 31.7 Å². The van der Waals surface area contributed by atoms with E-state index in [-0.39, 0.29) is 0 Å². The molecule has 0 aliphatic heterocycles. The van der Waals surface area contributed by atoms with Gasteiger partial charge < -0.3 is 10.2 Å². The molecule has 0 atom stereocenters. The highest BCUT2D eigenvalue weighted by Crippen LogP contribution is 2.24. The van der Waals surface area contributed by atoms with E-state index in [0.29, 0.717) is 11.6 Å². The molecule has 0 saturated carbocycles. The summed E-state index contributed by atoms with van der Waals surface area (Å²) < 4.78 is 0. The Labute approximate surface area is 121 Å². The van der Waals surface area contributed by atoms with E-state index in [4.69, 9.17) is 0 Å². The first-order chi connectivity index (χ1) is 9.61. The SMILES string of the molecule is CC(C)N(C)CCNc1nc2c(cc1C#N)CCCC2. The number of pyridine rings is 1. The van der Waals surface area contributed by atoms with Gasteiger partial charge in [0.1, 0.15) is 11.9 Å². The van der Waals surface area contributed by atoms with E-state index in [1.54, 1.807) is 0 Å². The van der Waals surface area contributed by atoms with Gasteiger partial charge in [0.25, 0.3) is 0 Å². The topological polar surface area (TPSA) is 52.0 Å². The summed E-state index contributed by atoms with van der Waals surface area (Å²) in [4.78, 5) is 6.95. The maximum absolute atomic E-state index is 9.28. The zero-order valence-corrected chi connectivity index (χ0v) is 12.7. The van der Waals surface area contributed by atoms with Gasteiger partial charge in [0, 0.05) is 24.8 Å². The van der Waals surface area contributed by atoms with Gasteiger partial charge in [-0.1, -0.05) is 0 Å². The first-order valence-corrected chi connectivity index (χ1v) is 7.49. The van der Waals surface area contributed by atoms with Crippen LogP contribution in [0.2, 0.25) is 0 Å². The van der Waals surface area contributed by atoms with Gasteiger partial charge in [0.15, 0.2) is 0 Å². The van der Waals surface area contributed by atoms with Crippen LogP contribution in [0.3, 0.4) is 0 Å². The minimum Gasteiger partial charge on any atom is -0.368 e. The number of nitrogens with zero attached hydrogens (tertiary/aromatic N) is 3. The maximum atomic E-state index is 9.28. The molecule has 0 spiro atoms. The van der Waals surface area contributed by atoms with Crippen molar-refractivity contribution < 1.29 is 0 Å². The number of anilines is 1. The molecule has 0 unspecified atom stereocenters. The third kappa shape index (κ3) is 3.49. The first-order valence-electron chi connectivity index (χ1n) is 7.49. The molecule has 108 valence electrons. The van der Waals surface area contributed by atoms with Crippen molar-refractivity contribution in [2.45, 2.75) is 45.6 Å². The number of nitrogens with one attached hydrogen (secondary N) is 1. The summed E-state index contributed by atoms with van der Waals surface area (Å²) in [5.74, 6) is 0.755. The number of fused-ring (bicyclic) bond motifs is 1. The Kier molecular flexibility index (Phi) is 4.97. The molecular formula is C16H24N4. The molecule has 0 saturated heterocycles. The van der Waals surface area contributed by atoms with Gasteiger partial charge in [-0.2, -0.15) is 5.26 Å². The average Bonchev–Trinajstić information content (AvgIpc) is 2.46. The second kappa shape index (κ2) is 6.71. The lowest BCUT2D eigenvalue weighted by Gasteiger charge is -2.22. The molecule has 1 aromatic rings. The fraction of sp³-hybridized carbons (Fsp3) is 0.625. The molecule has 1 aliphatic carbocycles. The van der Waals surface area contributed by atoms with Crippen molar-refractivity contribution in [2.24, 2.45) is 0 Å². The van der Waals surface area contributed by atoms with Crippen molar-refractivity contribution in [3.8, 4) is 6.07 Å². The van der Waals surface area contributed by atoms with Gasteiger partial charge in [-0.15, -0.1) is 0 Å². The molecule has 4 nitrogen and oxygen atoms in total. The number of hydrogen-bond acceptors (Lipinski definition) is 4. The van der Waals surface area contributed by atoms with Crippen molar-refractivity contribution in [3.63, 3.8) is 0 Å². The van der Waals surface area contributed by atoms with Crippen LogP contribution in [-0.2, 0) is 12.8 Å². The van der Waals surface area contributed by atoms with Crippen LogP contribution in [0.4, 0.5) is 5.82 Å². The van der Waals surface area contributed by atoms with Crippen LogP contribution in [0.25, 0.3) is 0 Å². The lowest BCUT2D eigenvalue weighted by molar-refractivity contribution is 0.284. The molecule has 0 amide bonds. The van der Waals surface area contributed by atoms with Crippen LogP contribution in [-0.4, -0.2) is 36.1 Å². The fourth-order valence-corrected chi connectivity index (χ4v) is 2.46. The Balaban J connectivity index is 2.05.